The average molecular weight is 572 g/mol. The number of anilines is 1. The topological polar surface area (TPSA) is 20.3 Å². The summed E-state index contributed by atoms with van der Waals surface area (Å²) in [6.07, 6.45) is 10.5. The highest BCUT2D eigenvalue weighted by atomic mass is 16.1. The van der Waals surface area contributed by atoms with Crippen LogP contribution in [0.2, 0.25) is 0 Å². The minimum atomic E-state index is -0.599. The highest BCUT2D eigenvalue weighted by molar-refractivity contribution is 6.11. The first-order valence-corrected chi connectivity index (χ1v) is 16.0. The summed E-state index contributed by atoms with van der Waals surface area (Å²) in [5.41, 5.74) is 7.24. The molecule has 0 saturated heterocycles. The molecule has 1 saturated carbocycles. The molecule has 0 bridgehead atoms. The molecule has 216 valence electrons. The molecule has 1 heterocycles. The number of carbonyl (C=O) groups is 1. The van der Waals surface area contributed by atoms with E-state index in [4.69, 9.17) is 0 Å². The Labute approximate surface area is 260 Å². The smallest absolute Gasteiger partial charge is 0.173 e. The van der Waals surface area contributed by atoms with Crippen LogP contribution in [0.25, 0.3) is 21.9 Å². The molecule has 5 aromatic rings. The molecule has 0 unspecified atom stereocenters. The van der Waals surface area contributed by atoms with Crippen LogP contribution in [-0.2, 0) is 5.41 Å². The van der Waals surface area contributed by atoms with Gasteiger partial charge in [-0.1, -0.05) is 147 Å². The summed E-state index contributed by atoms with van der Waals surface area (Å²) in [6.45, 7) is 0. The molecule has 8 rings (SSSR count). The molecule has 2 spiro atoms. The van der Waals surface area contributed by atoms with Gasteiger partial charge in [0.1, 0.15) is 0 Å². The number of Topliss-reactive ketones (excluding diaryl/α,β-unsaturated/α-hetero) is 1. The number of allylic oxidation sites excluding steroid dienone is 2. The summed E-state index contributed by atoms with van der Waals surface area (Å²) in [5, 5.41) is 2.51. The van der Waals surface area contributed by atoms with E-state index in [0.717, 1.165) is 42.4 Å². The highest BCUT2D eigenvalue weighted by Gasteiger charge is 2.66. The van der Waals surface area contributed by atoms with E-state index in [9.17, 15) is 0 Å². The van der Waals surface area contributed by atoms with E-state index in [2.05, 4.69) is 121 Å². The zero-order valence-corrected chi connectivity index (χ0v) is 25.2. The number of carbonyl (C=O) groups excluding carboxylic acids is 1. The van der Waals surface area contributed by atoms with Crippen LogP contribution >= 0.6 is 0 Å². The van der Waals surface area contributed by atoms with Crippen molar-refractivity contribution in [1.29, 1.82) is 0 Å². The third-order valence-corrected chi connectivity index (χ3v) is 10.8. The van der Waals surface area contributed by atoms with Crippen LogP contribution in [0.15, 0.2) is 140 Å². The lowest BCUT2D eigenvalue weighted by atomic mass is 9.51. The third-order valence-electron chi connectivity index (χ3n) is 10.8. The van der Waals surface area contributed by atoms with Crippen molar-refractivity contribution in [3.05, 3.63) is 162 Å². The summed E-state index contributed by atoms with van der Waals surface area (Å²) in [7, 11) is 2.27. The van der Waals surface area contributed by atoms with Crippen molar-refractivity contribution in [3.8, 4) is 0 Å². The van der Waals surface area contributed by atoms with Crippen LogP contribution < -0.4 is 4.90 Å². The van der Waals surface area contributed by atoms with Gasteiger partial charge in [0.15, 0.2) is 5.78 Å². The molecule has 1 aliphatic heterocycles. The van der Waals surface area contributed by atoms with E-state index in [-0.39, 0.29) is 11.2 Å². The number of hydrogen-bond acceptors (Lipinski definition) is 2. The summed E-state index contributed by atoms with van der Waals surface area (Å²) >= 11 is 0. The largest absolute Gasteiger partial charge is 0.363 e. The van der Waals surface area contributed by atoms with E-state index in [1.165, 1.54) is 39.6 Å². The minimum absolute atomic E-state index is 0.193. The second-order valence-electron chi connectivity index (χ2n) is 12.8. The number of hydrogen-bond donors (Lipinski definition) is 0. The number of likely N-dealkylation sites (N-methyl/N-ethyl adjacent to an activating group) is 1. The van der Waals surface area contributed by atoms with Gasteiger partial charge in [-0.2, -0.15) is 0 Å². The van der Waals surface area contributed by atoms with Gasteiger partial charge >= 0.3 is 0 Å². The number of benzene rings is 5. The van der Waals surface area contributed by atoms with Crippen molar-refractivity contribution in [1.82, 2.24) is 0 Å². The third kappa shape index (κ3) is 3.83. The Hall–Kier alpha value is -4.69. The molecule has 2 atom stereocenters. The van der Waals surface area contributed by atoms with Gasteiger partial charge in [0.25, 0.3) is 0 Å². The van der Waals surface area contributed by atoms with Gasteiger partial charge in [0.2, 0.25) is 0 Å². The van der Waals surface area contributed by atoms with Gasteiger partial charge in [0.05, 0.1) is 11.5 Å². The van der Waals surface area contributed by atoms with Crippen LogP contribution in [0.5, 0.6) is 0 Å². The Bertz CT molecular complexity index is 1910. The SMILES string of the molecule is CN1c2c(ccc3ccccc23)C2(CCCCC2)[C@]12C=C(c1ccccc1)C=C(c1ccccc1)[C@@H]2C(=O)c1ccccc1. The minimum Gasteiger partial charge on any atom is -0.363 e. The zero-order chi connectivity index (χ0) is 29.7. The molecule has 1 fully saturated rings. The lowest BCUT2D eigenvalue weighted by Crippen LogP contribution is -2.63. The molecule has 2 nitrogen and oxygen atoms in total. The molecule has 0 aromatic heterocycles. The van der Waals surface area contributed by atoms with Crippen LogP contribution in [0.4, 0.5) is 5.69 Å². The van der Waals surface area contributed by atoms with Crippen LogP contribution in [-0.4, -0.2) is 18.4 Å². The fourth-order valence-electron chi connectivity index (χ4n) is 8.89. The van der Waals surface area contributed by atoms with E-state index < -0.39 is 11.5 Å². The van der Waals surface area contributed by atoms with Gasteiger partial charge in [-0.05, 0) is 58.2 Å². The maximum atomic E-state index is 15.3. The lowest BCUT2D eigenvalue weighted by molar-refractivity contribution is 0.0841. The Morgan fingerprint density at radius 3 is 2.00 bits per heavy atom. The fraction of sp³-hybridized carbons (Fsp3) is 0.214. The summed E-state index contributed by atoms with van der Waals surface area (Å²) in [4.78, 5) is 17.8. The quantitative estimate of drug-likeness (QED) is 0.200. The first-order valence-electron chi connectivity index (χ1n) is 16.0. The number of nitrogens with zero attached hydrogens (tertiary/aromatic N) is 1. The number of fused-ring (bicyclic) bond motifs is 5. The lowest BCUT2D eigenvalue weighted by Gasteiger charge is -2.56. The molecule has 0 N–H and O–H groups in total. The molecular weight excluding hydrogens is 534 g/mol. The summed E-state index contributed by atoms with van der Waals surface area (Å²) in [5.74, 6) is -0.202. The maximum Gasteiger partial charge on any atom is 0.173 e. The normalized spacial score (nSPS) is 22.1. The van der Waals surface area contributed by atoms with E-state index in [1.807, 2.05) is 30.3 Å². The monoisotopic (exact) mass is 571 g/mol. The second kappa shape index (κ2) is 10.5. The number of rotatable bonds is 4. The van der Waals surface area contributed by atoms with Gasteiger partial charge in [-0.3, -0.25) is 4.79 Å². The van der Waals surface area contributed by atoms with Crippen molar-refractivity contribution in [2.24, 2.45) is 5.92 Å². The predicted octanol–water partition coefficient (Wildman–Crippen LogP) is 9.91. The van der Waals surface area contributed by atoms with Gasteiger partial charge in [-0.15, -0.1) is 0 Å². The van der Waals surface area contributed by atoms with E-state index in [1.54, 1.807) is 0 Å². The van der Waals surface area contributed by atoms with Crippen molar-refractivity contribution in [2.45, 2.75) is 43.1 Å². The first-order chi connectivity index (χ1) is 21.6. The molecule has 44 heavy (non-hydrogen) atoms. The molecular formula is C42H37NO. The van der Waals surface area contributed by atoms with Crippen LogP contribution in [0, 0.1) is 5.92 Å². The Morgan fingerprint density at radius 1 is 0.682 bits per heavy atom. The van der Waals surface area contributed by atoms with Crippen LogP contribution in [0.3, 0.4) is 0 Å². The molecule has 5 aromatic carbocycles. The van der Waals surface area contributed by atoms with Crippen molar-refractivity contribution >= 4 is 33.4 Å². The highest BCUT2D eigenvalue weighted by Crippen LogP contribution is 2.66. The number of ketones is 1. The first kappa shape index (κ1) is 26.9. The van der Waals surface area contributed by atoms with Crippen molar-refractivity contribution in [3.63, 3.8) is 0 Å². The Balaban J connectivity index is 1.50. The summed E-state index contributed by atoms with van der Waals surface area (Å²) in [6, 6.07) is 44.9. The second-order valence-corrected chi connectivity index (χ2v) is 12.8. The van der Waals surface area contributed by atoms with E-state index >= 15 is 4.79 Å². The van der Waals surface area contributed by atoms with Gasteiger partial charge < -0.3 is 4.90 Å². The predicted molar refractivity (Wildman–Crippen MR) is 183 cm³/mol. The van der Waals surface area contributed by atoms with E-state index in [0.29, 0.717) is 0 Å². The maximum absolute atomic E-state index is 15.3. The zero-order valence-electron chi connectivity index (χ0n) is 25.2. The molecule has 2 aliphatic carbocycles. The molecule has 0 amide bonds. The standard InChI is InChI=1S/C42H37NO/c1-43-39-35-23-13-12-20-32(35)24-25-37(39)41(26-14-5-15-27-41)42(43)29-34(30-16-6-2-7-17-30)28-36(31-18-8-3-9-19-31)38(42)40(44)33-21-10-4-11-22-33/h2-4,6-13,16-25,28-29,38H,5,14-15,26-27H2,1H3/t38-,42-/m1/s1. The molecule has 2 heteroatoms. The average Bonchev–Trinajstić information content (AvgIpc) is 3.29. The summed E-state index contributed by atoms with van der Waals surface area (Å²) < 4.78 is 0. The van der Waals surface area contributed by atoms with Gasteiger partial charge in [0, 0.05) is 29.1 Å². The van der Waals surface area contributed by atoms with Crippen molar-refractivity contribution in [2.75, 3.05) is 11.9 Å². The Kier molecular flexibility index (Phi) is 6.41. The van der Waals surface area contributed by atoms with Crippen LogP contribution in [0.1, 0.15) is 59.2 Å². The Morgan fingerprint density at radius 2 is 1.30 bits per heavy atom. The van der Waals surface area contributed by atoms with Crippen molar-refractivity contribution < 1.29 is 4.79 Å². The molecule has 0 radical (unpaired) electrons. The van der Waals surface area contributed by atoms with Gasteiger partial charge in [-0.25, -0.2) is 0 Å². The fourth-order valence-corrected chi connectivity index (χ4v) is 8.89. The molecule has 3 aliphatic rings.